The van der Waals surface area contributed by atoms with E-state index in [1.165, 1.54) is 6.20 Å². The normalized spacial score (nSPS) is 15.4. The minimum atomic E-state index is -0.528. The molecule has 210 valence electrons. The lowest BCUT2D eigenvalue weighted by atomic mass is 10.1. The molecule has 11 nitrogen and oxygen atoms in total. The van der Waals surface area contributed by atoms with Crippen molar-refractivity contribution in [2.75, 3.05) is 60.2 Å². The van der Waals surface area contributed by atoms with Crippen molar-refractivity contribution in [3.63, 3.8) is 0 Å². The fraction of sp³-hybridized carbons (Fsp3) is 0.379. The summed E-state index contributed by atoms with van der Waals surface area (Å²) in [4.78, 5) is 49.6. The molecule has 40 heavy (non-hydrogen) atoms. The van der Waals surface area contributed by atoms with Crippen LogP contribution in [0, 0.1) is 12.8 Å². The van der Waals surface area contributed by atoms with Crippen molar-refractivity contribution < 1.29 is 14.3 Å². The Hall–Kier alpha value is -4.54. The Balaban J connectivity index is 1.26. The molecule has 2 amide bonds. The molecule has 4 N–H and O–H groups in total. The van der Waals surface area contributed by atoms with E-state index in [1.807, 2.05) is 49.9 Å². The van der Waals surface area contributed by atoms with Crippen LogP contribution < -0.4 is 31.1 Å². The zero-order valence-electron chi connectivity index (χ0n) is 23.0. The number of anilines is 5. The van der Waals surface area contributed by atoms with Gasteiger partial charge in [0.1, 0.15) is 17.9 Å². The minimum Gasteiger partial charge on any atom is -0.474 e. The number of hydrogen-bond acceptors (Lipinski definition) is 8. The van der Waals surface area contributed by atoms with Crippen LogP contribution in [0.4, 0.5) is 28.4 Å². The summed E-state index contributed by atoms with van der Waals surface area (Å²) < 4.78 is 5.59. The number of pyridine rings is 2. The van der Waals surface area contributed by atoms with Gasteiger partial charge in [-0.1, -0.05) is 13.8 Å². The first-order valence-corrected chi connectivity index (χ1v) is 13.7. The average molecular weight is 546 g/mol. The lowest BCUT2D eigenvalue weighted by Gasteiger charge is -2.37. The molecule has 1 fully saturated rings. The SMILES string of the molecule is CCC(C)C(=O)N1CCN(c2ccc(NC(=O)c3c(Nc4cnc5c(c4C)NCCO5)cc[nH]c3=O)cc2)CC1. The number of carbonyl (C=O) groups is 2. The first-order chi connectivity index (χ1) is 19.4. The van der Waals surface area contributed by atoms with Gasteiger partial charge in [-0.05, 0) is 43.7 Å². The molecule has 0 aliphatic carbocycles. The summed E-state index contributed by atoms with van der Waals surface area (Å²) in [5, 5.41) is 9.33. The van der Waals surface area contributed by atoms with E-state index in [-0.39, 0.29) is 17.4 Å². The van der Waals surface area contributed by atoms with Gasteiger partial charge in [-0.25, -0.2) is 4.98 Å². The second-order valence-electron chi connectivity index (χ2n) is 10.1. The molecule has 5 rings (SSSR count). The Bertz CT molecular complexity index is 1450. The Kier molecular flexibility index (Phi) is 7.90. The third-order valence-corrected chi connectivity index (χ3v) is 7.52. The number of aromatic nitrogens is 2. The van der Waals surface area contributed by atoms with E-state index in [0.29, 0.717) is 49.2 Å². The standard InChI is InChI=1S/C29H35N7O4/c1-4-18(2)29(39)36-14-12-35(13-15-36)21-7-5-20(6-8-21)33-27(38)24-22(9-10-31-26(24)37)34-23-17-32-28-25(19(23)3)30-11-16-40-28/h5-10,17-18,30H,4,11-16H2,1-3H3,(H,33,38)(H2,31,34,37). The fourth-order valence-corrected chi connectivity index (χ4v) is 4.92. The van der Waals surface area contributed by atoms with Crippen LogP contribution in [0.25, 0.3) is 0 Å². The molecule has 11 heteroatoms. The van der Waals surface area contributed by atoms with E-state index in [0.717, 1.165) is 36.4 Å². The smallest absolute Gasteiger partial charge is 0.263 e. The molecule has 2 aromatic heterocycles. The van der Waals surface area contributed by atoms with Crippen molar-refractivity contribution in [2.45, 2.75) is 27.2 Å². The molecule has 2 aliphatic rings. The van der Waals surface area contributed by atoms with Crippen molar-refractivity contribution in [2.24, 2.45) is 5.92 Å². The van der Waals surface area contributed by atoms with Crippen molar-refractivity contribution in [3.8, 4) is 5.88 Å². The minimum absolute atomic E-state index is 0.0324. The van der Waals surface area contributed by atoms with Crippen LogP contribution in [-0.4, -0.2) is 66.0 Å². The summed E-state index contributed by atoms with van der Waals surface area (Å²) >= 11 is 0. The lowest BCUT2D eigenvalue weighted by Crippen LogP contribution is -2.50. The predicted molar refractivity (Wildman–Crippen MR) is 156 cm³/mol. The van der Waals surface area contributed by atoms with Gasteiger partial charge in [-0.2, -0.15) is 0 Å². The Labute approximate surface area is 232 Å². The topological polar surface area (TPSA) is 132 Å². The molecule has 0 spiro atoms. The number of fused-ring (bicyclic) bond motifs is 1. The number of nitrogens with zero attached hydrogens (tertiary/aromatic N) is 3. The number of H-pyrrole nitrogens is 1. The van der Waals surface area contributed by atoms with E-state index >= 15 is 0 Å². The number of ether oxygens (including phenoxy) is 1. The van der Waals surface area contributed by atoms with E-state index < -0.39 is 11.5 Å². The van der Waals surface area contributed by atoms with Crippen molar-refractivity contribution in [1.82, 2.24) is 14.9 Å². The maximum atomic E-state index is 13.3. The van der Waals surface area contributed by atoms with Gasteiger partial charge in [0.25, 0.3) is 11.5 Å². The van der Waals surface area contributed by atoms with Crippen LogP contribution in [0.15, 0.2) is 47.5 Å². The van der Waals surface area contributed by atoms with Gasteiger partial charge in [0.05, 0.1) is 17.6 Å². The van der Waals surface area contributed by atoms with E-state index in [2.05, 4.69) is 30.8 Å². The van der Waals surface area contributed by atoms with E-state index in [4.69, 9.17) is 4.74 Å². The first kappa shape index (κ1) is 27.0. The number of benzene rings is 1. The highest BCUT2D eigenvalue weighted by Gasteiger charge is 2.24. The molecule has 4 heterocycles. The molecule has 1 saturated heterocycles. The van der Waals surface area contributed by atoms with Crippen LogP contribution in [-0.2, 0) is 4.79 Å². The molecule has 1 atom stereocenters. The third-order valence-electron chi connectivity index (χ3n) is 7.52. The maximum absolute atomic E-state index is 13.3. The number of aromatic amines is 1. The number of piperazine rings is 1. The second kappa shape index (κ2) is 11.7. The Morgan fingerprint density at radius 3 is 2.58 bits per heavy atom. The molecular weight excluding hydrogens is 510 g/mol. The van der Waals surface area contributed by atoms with Crippen molar-refractivity contribution in [3.05, 3.63) is 64.2 Å². The lowest BCUT2D eigenvalue weighted by molar-refractivity contribution is -0.135. The molecule has 2 aliphatic heterocycles. The molecule has 0 saturated carbocycles. The van der Waals surface area contributed by atoms with E-state index in [1.54, 1.807) is 12.3 Å². The van der Waals surface area contributed by atoms with Gasteiger partial charge < -0.3 is 35.5 Å². The summed E-state index contributed by atoms with van der Waals surface area (Å²) in [6.07, 6.45) is 3.97. The number of amides is 2. The molecule has 3 aromatic rings. The van der Waals surface area contributed by atoms with Gasteiger partial charge in [0.15, 0.2) is 0 Å². The zero-order valence-corrected chi connectivity index (χ0v) is 23.0. The highest BCUT2D eigenvalue weighted by Crippen LogP contribution is 2.34. The number of hydrogen-bond donors (Lipinski definition) is 4. The summed E-state index contributed by atoms with van der Waals surface area (Å²) in [5.41, 5.74) is 3.73. The van der Waals surface area contributed by atoms with Gasteiger partial charge in [-0.15, -0.1) is 0 Å². The first-order valence-electron chi connectivity index (χ1n) is 13.7. The van der Waals surface area contributed by atoms with Crippen molar-refractivity contribution in [1.29, 1.82) is 0 Å². The van der Waals surface area contributed by atoms with E-state index in [9.17, 15) is 14.4 Å². The molecule has 0 bridgehead atoms. The van der Waals surface area contributed by atoms with Gasteiger partial charge in [0, 0.05) is 61.8 Å². The summed E-state index contributed by atoms with van der Waals surface area (Å²) in [6.45, 7) is 10.0. The number of carbonyl (C=O) groups excluding carboxylic acids is 2. The van der Waals surface area contributed by atoms with Crippen LogP contribution in [0.2, 0.25) is 0 Å². The van der Waals surface area contributed by atoms with Crippen LogP contribution >= 0.6 is 0 Å². The van der Waals surface area contributed by atoms with Crippen LogP contribution in [0.5, 0.6) is 5.88 Å². The highest BCUT2D eigenvalue weighted by atomic mass is 16.5. The molecule has 1 aromatic carbocycles. The molecule has 0 radical (unpaired) electrons. The van der Waals surface area contributed by atoms with Crippen molar-refractivity contribution >= 4 is 40.3 Å². The second-order valence-corrected chi connectivity index (χ2v) is 10.1. The Morgan fingerprint density at radius 1 is 1.10 bits per heavy atom. The van der Waals surface area contributed by atoms with Crippen LogP contribution in [0.1, 0.15) is 36.2 Å². The summed E-state index contributed by atoms with van der Waals surface area (Å²) in [6, 6.07) is 9.16. The van der Waals surface area contributed by atoms with Gasteiger partial charge >= 0.3 is 0 Å². The van der Waals surface area contributed by atoms with Crippen LogP contribution in [0.3, 0.4) is 0 Å². The Morgan fingerprint density at radius 2 is 1.85 bits per heavy atom. The van der Waals surface area contributed by atoms with Gasteiger partial charge in [-0.3, -0.25) is 14.4 Å². The summed E-state index contributed by atoms with van der Waals surface area (Å²) in [5.74, 6) is 0.267. The largest absolute Gasteiger partial charge is 0.474 e. The summed E-state index contributed by atoms with van der Waals surface area (Å²) in [7, 11) is 0. The highest BCUT2D eigenvalue weighted by molar-refractivity contribution is 6.08. The maximum Gasteiger partial charge on any atom is 0.263 e. The quantitative estimate of drug-likeness (QED) is 0.354. The molecule has 1 unspecified atom stereocenters. The third kappa shape index (κ3) is 5.58. The predicted octanol–water partition coefficient (Wildman–Crippen LogP) is 3.57. The number of rotatable bonds is 7. The molecular formula is C29H35N7O4. The fourth-order valence-electron chi connectivity index (χ4n) is 4.92. The van der Waals surface area contributed by atoms with Gasteiger partial charge in [0.2, 0.25) is 11.8 Å². The zero-order chi connectivity index (χ0) is 28.2. The average Bonchev–Trinajstić information content (AvgIpc) is 2.98. The number of nitrogens with one attached hydrogen (secondary N) is 4. The monoisotopic (exact) mass is 545 g/mol.